The highest BCUT2D eigenvalue weighted by Gasteiger charge is 2.16. The van der Waals surface area contributed by atoms with Crippen molar-refractivity contribution in [1.29, 1.82) is 0 Å². The molecule has 48 heavy (non-hydrogen) atoms. The molecule has 0 aliphatic carbocycles. The third kappa shape index (κ3) is 36.2. The van der Waals surface area contributed by atoms with Crippen LogP contribution in [0.15, 0.2) is 72.9 Å². The van der Waals surface area contributed by atoms with Crippen molar-refractivity contribution in [2.24, 2.45) is 0 Å². The van der Waals surface area contributed by atoms with Gasteiger partial charge in [0.1, 0.15) is 6.61 Å². The van der Waals surface area contributed by atoms with Crippen LogP contribution in [0.3, 0.4) is 0 Å². The first kappa shape index (κ1) is 45.3. The van der Waals surface area contributed by atoms with E-state index in [0.29, 0.717) is 12.8 Å². The lowest BCUT2D eigenvalue weighted by Crippen LogP contribution is -2.28. The summed E-state index contributed by atoms with van der Waals surface area (Å²) >= 11 is 0. The number of esters is 2. The van der Waals surface area contributed by atoms with Crippen LogP contribution in [0, 0.1) is 0 Å². The van der Waals surface area contributed by atoms with Crippen molar-refractivity contribution < 1.29 is 24.2 Å². The summed E-state index contributed by atoms with van der Waals surface area (Å²) in [6.45, 7) is 3.97. The standard InChI is InChI=1S/C43H72O5/c1-3-5-7-9-11-13-15-17-18-19-20-21-22-23-24-26-28-30-32-34-36-38-43(46)48-41(39-44)40-47-42(45)37-35-33-31-29-27-25-16-14-12-10-8-6-4-2/h5,7,11,13-14,16-18,20-21,23-24,41,44H,3-4,6,8-10,12,15,19,22,25-40H2,1-2H3/b7-5-,13-11-,16-14-,18-17-,21-20-,24-23-. The van der Waals surface area contributed by atoms with E-state index in [9.17, 15) is 14.7 Å². The molecular weight excluding hydrogens is 596 g/mol. The van der Waals surface area contributed by atoms with Crippen molar-refractivity contribution in [2.45, 2.75) is 174 Å². The second-order valence-electron chi connectivity index (χ2n) is 12.6. The number of carbonyl (C=O) groups is 2. The summed E-state index contributed by atoms with van der Waals surface area (Å²) in [5.41, 5.74) is 0. The van der Waals surface area contributed by atoms with Crippen molar-refractivity contribution >= 4 is 11.9 Å². The molecule has 1 N–H and O–H groups in total. The molecule has 0 aromatic heterocycles. The fraction of sp³-hybridized carbons (Fsp3) is 0.674. The molecule has 1 atom stereocenters. The van der Waals surface area contributed by atoms with Crippen molar-refractivity contribution in [3.05, 3.63) is 72.9 Å². The quantitative estimate of drug-likeness (QED) is 0.0420. The van der Waals surface area contributed by atoms with E-state index in [4.69, 9.17) is 9.47 Å². The van der Waals surface area contributed by atoms with Gasteiger partial charge in [0.15, 0.2) is 6.10 Å². The van der Waals surface area contributed by atoms with Crippen LogP contribution >= 0.6 is 0 Å². The Bertz CT molecular complexity index is 895. The van der Waals surface area contributed by atoms with Crippen LogP contribution in [0.1, 0.15) is 168 Å². The van der Waals surface area contributed by atoms with E-state index in [0.717, 1.165) is 96.3 Å². The zero-order chi connectivity index (χ0) is 35.0. The van der Waals surface area contributed by atoms with E-state index in [1.165, 1.54) is 44.9 Å². The molecule has 0 fully saturated rings. The fourth-order valence-electron chi connectivity index (χ4n) is 5.04. The molecule has 0 radical (unpaired) electrons. The highest BCUT2D eigenvalue weighted by atomic mass is 16.6. The van der Waals surface area contributed by atoms with Gasteiger partial charge in [-0.3, -0.25) is 9.59 Å². The van der Waals surface area contributed by atoms with Gasteiger partial charge in [0.2, 0.25) is 0 Å². The minimum Gasteiger partial charge on any atom is -0.462 e. The molecule has 0 bridgehead atoms. The molecule has 0 saturated heterocycles. The van der Waals surface area contributed by atoms with E-state index in [1.807, 2.05) is 0 Å². The van der Waals surface area contributed by atoms with Crippen LogP contribution in [0.4, 0.5) is 0 Å². The van der Waals surface area contributed by atoms with E-state index < -0.39 is 6.10 Å². The van der Waals surface area contributed by atoms with Crippen molar-refractivity contribution in [3.8, 4) is 0 Å². The number of rotatable bonds is 34. The first-order chi connectivity index (χ1) is 23.6. The molecule has 0 aromatic rings. The van der Waals surface area contributed by atoms with E-state index in [1.54, 1.807) is 0 Å². The van der Waals surface area contributed by atoms with Gasteiger partial charge in [-0.15, -0.1) is 0 Å². The number of hydrogen-bond donors (Lipinski definition) is 1. The number of aliphatic hydroxyl groups excluding tert-OH is 1. The second kappa shape index (κ2) is 38.8. The zero-order valence-corrected chi connectivity index (χ0v) is 31.0. The Labute approximate surface area is 295 Å². The summed E-state index contributed by atoms with van der Waals surface area (Å²) in [4.78, 5) is 24.2. The average molecular weight is 669 g/mol. The summed E-state index contributed by atoms with van der Waals surface area (Å²) in [6, 6.07) is 0. The average Bonchev–Trinajstić information content (AvgIpc) is 3.09. The third-order valence-electron chi connectivity index (χ3n) is 7.98. The number of ether oxygens (including phenoxy) is 2. The number of hydrogen-bond acceptors (Lipinski definition) is 5. The highest BCUT2D eigenvalue weighted by Crippen LogP contribution is 2.11. The second-order valence-corrected chi connectivity index (χ2v) is 12.6. The molecule has 0 aliphatic rings. The minimum atomic E-state index is -0.787. The molecule has 1 unspecified atom stereocenters. The fourth-order valence-corrected chi connectivity index (χ4v) is 5.04. The van der Waals surface area contributed by atoms with E-state index in [-0.39, 0.29) is 25.2 Å². The van der Waals surface area contributed by atoms with Crippen LogP contribution in [0.25, 0.3) is 0 Å². The molecule has 0 aromatic carbocycles. The van der Waals surface area contributed by atoms with Crippen molar-refractivity contribution in [3.63, 3.8) is 0 Å². The SMILES string of the molecule is CC/C=C\C/C=C\C/C=C\C/C=C\C/C=C\CCCCCCCC(=O)OC(CO)COC(=O)CCCCCCC/C=C\CCCCCC. The molecular formula is C43H72O5. The maximum absolute atomic E-state index is 12.2. The van der Waals surface area contributed by atoms with Gasteiger partial charge < -0.3 is 14.6 Å². The van der Waals surface area contributed by atoms with Gasteiger partial charge in [0.25, 0.3) is 0 Å². The molecule has 5 nitrogen and oxygen atoms in total. The number of aliphatic hydroxyl groups is 1. The topological polar surface area (TPSA) is 72.8 Å². The van der Waals surface area contributed by atoms with Gasteiger partial charge in [-0.25, -0.2) is 0 Å². The molecule has 0 aliphatic heterocycles. The van der Waals surface area contributed by atoms with Crippen LogP contribution < -0.4 is 0 Å². The van der Waals surface area contributed by atoms with Crippen LogP contribution in [0.2, 0.25) is 0 Å². The molecule has 0 amide bonds. The summed E-state index contributed by atoms with van der Waals surface area (Å²) in [6.07, 6.45) is 51.0. The zero-order valence-electron chi connectivity index (χ0n) is 31.0. The molecule has 0 rings (SSSR count). The molecule has 5 heteroatoms. The smallest absolute Gasteiger partial charge is 0.306 e. The maximum atomic E-state index is 12.2. The lowest BCUT2D eigenvalue weighted by Gasteiger charge is -2.15. The Morgan fingerprint density at radius 1 is 0.500 bits per heavy atom. The Kier molecular flexibility index (Phi) is 36.6. The molecule has 0 heterocycles. The number of carbonyl (C=O) groups excluding carboxylic acids is 2. The van der Waals surface area contributed by atoms with Crippen molar-refractivity contribution in [1.82, 2.24) is 0 Å². The first-order valence-electron chi connectivity index (χ1n) is 19.5. The molecule has 0 saturated carbocycles. The maximum Gasteiger partial charge on any atom is 0.306 e. The van der Waals surface area contributed by atoms with Gasteiger partial charge in [-0.2, -0.15) is 0 Å². The van der Waals surface area contributed by atoms with E-state index in [2.05, 4.69) is 86.8 Å². The number of unbranched alkanes of at least 4 members (excludes halogenated alkanes) is 14. The first-order valence-corrected chi connectivity index (χ1v) is 19.5. The van der Waals surface area contributed by atoms with Crippen molar-refractivity contribution in [2.75, 3.05) is 13.2 Å². The van der Waals surface area contributed by atoms with Gasteiger partial charge in [-0.1, -0.05) is 145 Å². The largest absolute Gasteiger partial charge is 0.462 e. The Morgan fingerprint density at radius 2 is 0.896 bits per heavy atom. The van der Waals surface area contributed by atoms with Gasteiger partial charge in [0, 0.05) is 12.8 Å². The normalized spacial score (nSPS) is 13.0. The highest BCUT2D eigenvalue weighted by molar-refractivity contribution is 5.70. The lowest BCUT2D eigenvalue weighted by molar-refractivity contribution is -0.161. The van der Waals surface area contributed by atoms with Gasteiger partial charge in [-0.05, 0) is 83.5 Å². The van der Waals surface area contributed by atoms with Crippen LogP contribution in [-0.2, 0) is 19.1 Å². The Balaban J connectivity index is 3.65. The van der Waals surface area contributed by atoms with Gasteiger partial charge in [0.05, 0.1) is 6.61 Å². The summed E-state index contributed by atoms with van der Waals surface area (Å²) in [5.74, 6) is -0.629. The van der Waals surface area contributed by atoms with Gasteiger partial charge >= 0.3 is 11.9 Å². The summed E-state index contributed by atoms with van der Waals surface area (Å²) in [5, 5.41) is 9.54. The summed E-state index contributed by atoms with van der Waals surface area (Å²) in [7, 11) is 0. The Hall–Kier alpha value is -2.66. The minimum absolute atomic E-state index is 0.0817. The van der Waals surface area contributed by atoms with Crippen LogP contribution in [-0.4, -0.2) is 36.4 Å². The number of allylic oxidation sites excluding steroid dienone is 12. The Morgan fingerprint density at radius 3 is 1.38 bits per heavy atom. The van der Waals surface area contributed by atoms with Crippen LogP contribution in [0.5, 0.6) is 0 Å². The predicted molar refractivity (Wildman–Crippen MR) is 205 cm³/mol. The van der Waals surface area contributed by atoms with E-state index >= 15 is 0 Å². The molecule has 0 spiro atoms. The predicted octanol–water partition coefficient (Wildman–Crippen LogP) is 12.2. The monoisotopic (exact) mass is 669 g/mol. The summed E-state index contributed by atoms with van der Waals surface area (Å²) < 4.78 is 10.6. The third-order valence-corrected chi connectivity index (χ3v) is 7.98. The molecule has 274 valence electrons. The lowest BCUT2D eigenvalue weighted by atomic mass is 10.1.